The van der Waals surface area contributed by atoms with Crippen LogP contribution in [0.3, 0.4) is 0 Å². The van der Waals surface area contributed by atoms with Crippen LogP contribution in [-0.2, 0) is 11.2 Å². The van der Waals surface area contributed by atoms with Gasteiger partial charge in [0, 0.05) is 13.1 Å². The lowest BCUT2D eigenvalue weighted by Crippen LogP contribution is -2.33. The predicted molar refractivity (Wildman–Crippen MR) is 83.5 cm³/mol. The van der Waals surface area contributed by atoms with Crippen molar-refractivity contribution in [3.8, 4) is 0 Å². The number of hydrogen-bond donors (Lipinski definition) is 1. The molecule has 21 heavy (non-hydrogen) atoms. The zero-order valence-corrected chi connectivity index (χ0v) is 13.5. The van der Waals surface area contributed by atoms with Gasteiger partial charge in [-0.3, -0.25) is 4.79 Å². The van der Waals surface area contributed by atoms with Gasteiger partial charge in [0.25, 0.3) is 0 Å². The van der Waals surface area contributed by atoms with Crippen molar-refractivity contribution in [1.29, 1.82) is 0 Å². The van der Waals surface area contributed by atoms with Gasteiger partial charge in [0.2, 0.25) is 5.91 Å². The Morgan fingerprint density at radius 2 is 1.95 bits per heavy atom. The van der Waals surface area contributed by atoms with E-state index in [1.807, 2.05) is 4.90 Å². The highest BCUT2D eigenvalue weighted by Crippen LogP contribution is 2.27. The number of fused-ring (bicyclic) bond motifs is 1. The third-order valence-corrected chi connectivity index (χ3v) is 5.32. The van der Waals surface area contributed by atoms with E-state index in [2.05, 4.69) is 21.2 Å². The van der Waals surface area contributed by atoms with E-state index in [1.165, 1.54) is 6.07 Å². The van der Waals surface area contributed by atoms with Crippen LogP contribution >= 0.6 is 15.9 Å². The van der Waals surface area contributed by atoms with Crippen LogP contribution in [0, 0.1) is 17.7 Å². The van der Waals surface area contributed by atoms with Crippen LogP contribution in [0.25, 0.3) is 0 Å². The zero-order valence-electron chi connectivity index (χ0n) is 11.9. The normalized spacial score (nSPS) is 25.5. The molecule has 2 aliphatic heterocycles. The Morgan fingerprint density at radius 3 is 2.57 bits per heavy atom. The summed E-state index contributed by atoms with van der Waals surface area (Å²) >= 11 is 3.17. The van der Waals surface area contributed by atoms with Crippen molar-refractivity contribution in [3.63, 3.8) is 0 Å². The summed E-state index contributed by atoms with van der Waals surface area (Å²) in [6.45, 7) is 3.89. The Morgan fingerprint density at radius 1 is 1.29 bits per heavy atom. The van der Waals surface area contributed by atoms with Gasteiger partial charge < -0.3 is 10.2 Å². The summed E-state index contributed by atoms with van der Waals surface area (Å²) in [6, 6.07) is 4.80. The number of nitrogens with one attached hydrogen (secondary N) is 1. The lowest BCUT2D eigenvalue weighted by Gasteiger charge is -2.21. The molecule has 2 saturated heterocycles. The fraction of sp³-hybridized carbons (Fsp3) is 0.562. The number of halogens is 2. The zero-order chi connectivity index (χ0) is 14.8. The number of likely N-dealkylation sites (tertiary alicyclic amines) is 1. The van der Waals surface area contributed by atoms with Crippen LogP contribution < -0.4 is 5.32 Å². The van der Waals surface area contributed by atoms with E-state index < -0.39 is 0 Å². The Labute approximate surface area is 133 Å². The smallest absolute Gasteiger partial charge is 0.226 e. The second kappa shape index (κ2) is 6.44. The van der Waals surface area contributed by atoms with Crippen LogP contribution in [0.4, 0.5) is 4.39 Å². The number of carbonyl (C=O) groups excluding carboxylic acids is 1. The number of nitrogens with zero attached hydrogens (tertiary/aromatic N) is 1. The highest BCUT2D eigenvalue weighted by atomic mass is 79.9. The van der Waals surface area contributed by atoms with Crippen molar-refractivity contribution in [2.75, 3.05) is 26.2 Å². The number of hydrogen-bond acceptors (Lipinski definition) is 2. The molecule has 1 N–H and O–H groups in total. The first-order valence-corrected chi connectivity index (χ1v) is 8.35. The molecule has 0 spiro atoms. The van der Waals surface area contributed by atoms with Crippen molar-refractivity contribution in [3.05, 3.63) is 34.1 Å². The Kier molecular flexibility index (Phi) is 4.60. The van der Waals surface area contributed by atoms with Crippen molar-refractivity contribution < 1.29 is 9.18 Å². The molecular weight excluding hydrogens is 335 g/mol. The Hall–Kier alpha value is -0.940. The number of amides is 1. The van der Waals surface area contributed by atoms with Gasteiger partial charge in [0.05, 0.1) is 10.9 Å². The molecule has 2 aliphatic rings. The topological polar surface area (TPSA) is 32.3 Å². The highest BCUT2D eigenvalue weighted by molar-refractivity contribution is 9.10. The fourth-order valence-corrected chi connectivity index (χ4v) is 3.83. The van der Waals surface area contributed by atoms with E-state index >= 15 is 0 Å². The molecule has 0 unspecified atom stereocenters. The van der Waals surface area contributed by atoms with E-state index in [0.29, 0.717) is 10.9 Å². The first-order chi connectivity index (χ1) is 10.1. The van der Waals surface area contributed by atoms with Crippen LogP contribution in [0.15, 0.2) is 22.7 Å². The average Bonchev–Trinajstić information content (AvgIpc) is 2.81. The molecule has 3 nitrogen and oxygen atoms in total. The maximum Gasteiger partial charge on any atom is 0.226 e. The summed E-state index contributed by atoms with van der Waals surface area (Å²) in [5, 5.41) is 3.44. The van der Waals surface area contributed by atoms with Crippen molar-refractivity contribution >= 4 is 21.8 Å². The summed E-state index contributed by atoms with van der Waals surface area (Å²) < 4.78 is 13.6. The SMILES string of the molecule is O=C(Cc1ccc(F)c(Br)c1)N1CC[C@@H]2CNC[C@@H]2CC1. The van der Waals surface area contributed by atoms with Crippen molar-refractivity contribution in [2.45, 2.75) is 19.3 Å². The maximum absolute atomic E-state index is 13.2. The van der Waals surface area contributed by atoms with Gasteiger partial charge in [0.1, 0.15) is 5.82 Å². The van der Waals surface area contributed by atoms with Gasteiger partial charge in [-0.25, -0.2) is 4.39 Å². The number of benzene rings is 1. The predicted octanol–water partition coefficient (Wildman–Crippen LogP) is 2.59. The molecule has 5 heteroatoms. The monoisotopic (exact) mass is 354 g/mol. The molecule has 0 saturated carbocycles. The molecule has 0 bridgehead atoms. The van der Waals surface area contributed by atoms with Gasteiger partial charge in [-0.05, 0) is 71.4 Å². The summed E-state index contributed by atoms with van der Waals surface area (Å²) in [7, 11) is 0. The van der Waals surface area contributed by atoms with Gasteiger partial charge in [0.15, 0.2) is 0 Å². The first kappa shape index (κ1) is 15.0. The molecule has 1 aromatic rings. The second-order valence-electron chi connectivity index (χ2n) is 6.06. The minimum atomic E-state index is -0.290. The fourth-order valence-electron chi connectivity index (χ4n) is 3.40. The summed E-state index contributed by atoms with van der Waals surface area (Å²) in [4.78, 5) is 14.4. The third-order valence-electron chi connectivity index (χ3n) is 4.71. The molecule has 2 fully saturated rings. The van der Waals surface area contributed by atoms with Gasteiger partial charge in [-0.15, -0.1) is 0 Å². The van der Waals surface area contributed by atoms with Crippen molar-refractivity contribution in [2.24, 2.45) is 11.8 Å². The van der Waals surface area contributed by atoms with E-state index in [4.69, 9.17) is 0 Å². The number of rotatable bonds is 2. The molecule has 2 heterocycles. The molecule has 0 aliphatic carbocycles. The lowest BCUT2D eigenvalue weighted by atomic mass is 9.92. The largest absolute Gasteiger partial charge is 0.342 e. The minimum Gasteiger partial charge on any atom is -0.342 e. The Balaban J connectivity index is 1.61. The Bertz CT molecular complexity index is 523. The van der Waals surface area contributed by atoms with Gasteiger partial charge >= 0.3 is 0 Å². The van der Waals surface area contributed by atoms with E-state index in [0.717, 1.165) is 56.4 Å². The second-order valence-corrected chi connectivity index (χ2v) is 6.92. The van der Waals surface area contributed by atoms with Gasteiger partial charge in [-0.1, -0.05) is 6.07 Å². The minimum absolute atomic E-state index is 0.154. The lowest BCUT2D eigenvalue weighted by molar-refractivity contribution is -0.130. The molecule has 1 aromatic carbocycles. The third kappa shape index (κ3) is 3.46. The number of carbonyl (C=O) groups is 1. The van der Waals surface area contributed by atoms with Crippen LogP contribution in [0.1, 0.15) is 18.4 Å². The van der Waals surface area contributed by atoms with Crippen LogP contribution in [0.2, 0.25) is 0 Å². The van der Waals surface area contributed by atoms with E-state index in [-0.39, 0.29) is 11.7 Å². The van der Waals surface area contributed by atoms with E-state index in [1.54, 1.807) is 12.1 Å². The molecule has 114 valence electrons. The van der Waals surface area contributed by atoms with Crippen LogP contribution in [-0.4, -0.2) is 37.0 Å². The van der Waals surface area contributed by atoms with Crippen molar-refractivity contribution in [1.82, 2.24) is 10.2 Å². The average molecular weight is 355 g/mol. The molecule has 3 rings (SSSR count). The van der Waals surface area contributed by atoms with Crippen LogP contribution in [0.5, 0.6) is 0 Å². The van der Waals surface area contributed by atoms with Gasteiger partial charge in [-0.2, -0.15) is 0 Å². The molecule has 2 atom stereocenters. The maximum atomic E-state index is 13.2. The summed E-state index contributed by atoms with van der Waals surface area (Å²) in [6.07, 6.45) is 2.54. The van der Waals surface area contributed by atoms with E-state index in [9.17, 15) is 9.18 Å². The quantitative estimate of drug-likeness (QED) is 0.885. The molecule has 0 aromatic heterocycles. The summed E-state index contributed by atoms with van der Waals surface area (Å²) in [5.41, 5.74) is 0.861. The highest BCUT2D eigenvalue weighted by Gasteiger charge is 2.31. The summed E-state index contributed by atoms with van der Waals surface area (Å²) in [5.74, 6) is 1.31. The first-order valence-electron chi connectivity index (χ1n) is 7.56. The molecular formula is C16H20BrFN2O. The molecule has 0 radical (unpaired) electrons. The molecule has 1 amide bonds. The standard InChI is InChI=1S/C16H20BrFN2O/c17-14-7-11(1-2-15(14)18)8-16(21)20-5-3-12-9-19-10-13(12)4-6-20/h1-2,7,12-13,19H,3-6,8-10H2/t12-,13+.